The van der Waals surface area contributed by atoms with Crippen molar-refractivity contribution in [2.24, 2.45) is 11.8 Å². The molecule has 3 atom stereocenters. The molecule has 1 N–H and O–H groups in total. The summed E-state index contributed by atoms with van der Waals surface area (Å²) in [7, 11) is 0. The summed E-state index contributed by atoms with van der Waals surface area (Å²) in [5.74, 6) is 2.27. The van der Waals surface area contributed by atoms with Gasteiger partial charge in [-0.2, -0.15) is 9.61 Å². The lowest BCUT2D eigenvalue weighted by molar-refractivity contribution is 0.102. The highest BCUT2D eigenvalue weighted by Crippen LogP contribution is 2.41. The largest absolute Gasteiger partial charge is 0.492 e. The highest BCUT2D eigenvalue weighted by atomic mass is 32.1. The Bertz CT molecular complexity index is 784. The summed E-state index contributed by atoms with van der Waals surface area (Å²) in [5, 5.41) is 14.7. The third kappa shape index (κ3) is 2.53. The average molecular weight is 332 g/mol. The molecule has 0 radical (unpaired) electrons. The van der Waals surface area contributed by atoms with E-state index in [1.165, 1.54) is 28.6 Å². The van der Waals surface area contributed by atoms with Crippen LogP contribution in [0.5, 0.6) is 5.88 Å². The molecular weight excluding hydrogens is 312 g/mol. The van der Waals surface area contributed by atoms with E-state index in [-0.39, 0.29) is 11.9 Å². The third-order valence-corrected chi connectivity index (χ3v) is 5.55. The Hall–Kier alpha value is -1.86. The summed E-state index contributed by atoms with van der Waals surface area (Å²) in [6.07, 6.45) is 4.39. The van der Waals surface area contributed by atoms with Gasteiger partial charge in [0.25, 0.3) is 0 Å². The third-order valence-electron chi connectivity index (χ3n) is 4.46. The van der Waals surface area contributed by atoms with E-state index in [9.17, 15) is 5.11 Å². The quantitative estimate of drug-likeness (QED) is 0.798. The molecule has 1 saturated heterocycles. The van der Waals surface area contributed by atoms with E-state index in [0.717, 1.165) is 23.7 Å². The molecule has 6 nitrogen and oxygen atoms in total. The molecule has 0 aliphatic carbocycles. The van der Waals surface area contributed by atoms with E-state index < -0.39 is 0 Å². The Morgan fingerprint density at radius 1 is 1.35 bits per heavy atom. The molecule has 3 aromatic heterocycles. The maximum absolute atomic E-state index is 10.6. The predicted octanol–water partition coefficient (Wildman–Crippen LogP) is 3.16. The van der Waals surface area contributed by atoms with E-state index in [1.54, 1.807) is 6.26 Å². The van der Waals surface area contributed by atoms with Gasteiger partial charge in [-0.05, 0) is 30.4 Å². The molecule has 0 aromatic carbocycles. The topological polar surface area (TPSA) is 66.8 Å². The van der Waals surface area contributed by atoms with Crippen molar-refractivity contribution in [3.63, 3.8) is 0 Å². The molecule has 0 spiro atoms. The zero-order valence-electron chi connectivity index (χ0n) is 13.2. The fourth-order valence-corrected chi connectivity index (χ4v) is 4.79. The van der Waals surface area contributed by atoms with Crippen LogP contribution in [0.15, 0.2) is 29.1 Å². The van der Waals surface area contributed by atoms with Gasteiger partial charge in [0, 0.05) is 13.1 Å². The zero-order valence-corrected chi connectivity index (χ0v) is 14.0. The molecule has 0 amide bonds. The van der Waals surface area contributed by atoms with E-state index >= 15 is 0 Å². The van der Waals surface area contributed by atoms with Crippen LogP contribution in [0, 0.1) is 11.8 Å². The number of aromatic nitrogens is 3. The minimum Gasteiger partial charge on any atom is -0.492 e. The van der Waals surface area contributed by atoms with Crippen LogP contribution in [0.2, 0.25) is 0 Å². The molecule has 0 unspecified atom stereocenters. The van der Waals surface area contributed by atoms with Crippen LogP contribution < -0.4 is 0 Å². The van der Waals surface area contributed by atoms with Crippen LogP contribution in [0.3, 0.4) is 0 Å². The second-order valence-electron chi connectivity index (χ2n) is 6.56. The van der Waals surface area contributed by atoms with E-state index in [4.69, 9.17) is 4.42 Å². The van der Waals surface area contributed by atoms with Crippen LogP contribution in [0.1, 0.15) is 36.9 Å². The van der Waals surface area contributed by atoms with Gasteiger partial charge in [0.15, 0.2) is 0 Å². The van der Waals surface area contributed by atoms with Crippen LogP contribution in [-0.2, 0) is 0 Å². The van der Waals surface area contributed by atoms with Gasteiger partial charge in [-0.3, -0.25) is 4.90 Å². The zero-order chi connectivity index (χ0) is 16.0. The van der Waals surface area contributed by atoms with Gasteiger partial charge in [-0.15, -0.1) is 0 Å². The summed E-state index contributed by atoms with van der Waals surface area (Å²) in [6.45, 7) is 6.54. The summed E-state index contributed by atoms with van der Waals surface area (Å²) >= 11 is 1.47. The molecule has 1 fully saturated rings. The molecule has 4 heterocycles. The maximum Gasteiger partial charge on any atom is 0.230 e. The summed E-state index contributed by atoms with van der Waals surface area (Å²) in [6, 6.07) is 3.78. The smallest absolute Gasteiger partial charge is 0.230 e. The molecule has 1 aliphatic heterocycles. The molecule has 3 aromatic rings. The molecular formula is C16H20N4O2S. The lowest BCUT2D eigenvalue weighted by Crippen LogP contribution is -2.41. The van der Waals surface area contributed by atoms with Gasteiger partial charge in [-0.1, -0.05) is 25.2 Å². The average Bonchev–Trinajstić information content (AvgIpc) is 3.20. The summed E-state index contributed by atoms with van der Waals surface area (Å²) < 4.78 is 7.20. The summed E-state index contributed by atoms with van der Waals surface area (Å²) in [4.78, 5) is 8.15. The van der Waals surface area contributed by atoms with Crippen LogP contribution in [0.25, 0.3) is 4.96 Å². The minimum atomic E-state index is -0.0938. The van der Waals surface area contributed by atoms with Gasteiger partial charge in [0.1, 0.15) is 18.1 Å². The van der Waals surface area contributed by atoms with E-state index in [0.29, 0.717) is 16.8 Å². The Morgan fingerprint density at radius 2 is 2.13 bits per heavy atom. The van der Waals surface area contributed by atoms with Crippen LogP contribution >= 0.6 is 11.3 Å². The van der Waals surface area contributed by atoms with Crippen molar-refractivity contribution in [2.75, 3.05) is 13.1 Å². The van der Waals surface area contributed by atoms with Crippen LogP contribution in [-0.4, -0.2) is 37.7 Å². The lowest BCUT2D eigenvalue weighted by Gasteiger charge is -2.38. The first-order valence-electron chi connectivity index (χ1n) is 7.92. The highest BCUT2D eigenvalue weighted by molar-refractivity contribution is 7.17. The van der Waals surface area contributed by atoms with Gasteiger partial charge < -0.3 is 9.52 Å². The van der Waals surface area contributed by atoms with Gasteiger partial charge in [0.2, 0.25) is 10.8 Å². The first-order chi connectivity index (χ1) is 11.1. The van der Waals surface area contributed by atoms with Gasteiger partial charge in [0.05, 0.1) is 11.1 Å². The number of hydrogen-bond acceptors (Lipinski definition) is 6. The minimum absolute atomic E-state index is 0.0938. The maximum atomic E-state index is 10.6. The first-order valence-corrected chi connectivity index (χ1v) is 8.74. The summed E-state index contributed by atoms with van der Waals surface area (Å²) in [5.41, 5.74) is 0. The van der Waals surface area contributed by atoms with Crippen LogP contribution in [0.4, 0.5) is 0 Å². The number of hydrogen-bond donors (Lipinski definition) is 1. The van der Waals surface area contributed by atoms with Crippen molar-refractivity contribution in [3.8, 4) is 5.88 Å². The molecule has 0 bridgehead atoms. The number of thiazole rings is 1. The Morgan fingerprint density at radius 3 is 2.78 bits per heavy atom. The molecule has 4 rings (SSSR count). The number of piperidine rings is 1. The Labute approximate surface area is 138 Å². The highest BCUT2D eigenvalue weighted by Gasteiger charge is 2.34. The number of aromatic hydroxyl groups is 1. The van der Waals surface area contributed by atoms with Crippen molar-refractivity contribution in [2.45, 2.75) is 26.3 Å². The monoisotopic (exact) mass is 332 g/mol. The Balaban J connectivity index is 1.79. The molecule has 0 saturated carbocycles. The first kappa shape index (κ1) is 14.7. The number of fused-ring (bicyclic) bond motifs is 1. The molecule has 1 aliphatic rings. The number of nitrogens with zero attached hydrogens (tertiary/aromatic N) is 4. The standard InChI is InChI=1S/C16H20N4O2S/c1-10-6-11(2)8-19(7-10)13(12-4-3-5-22-12)14-15(21)20-16(23-14)17-9-18-20/h3-5,9-11,13,21H,6-8H2,1-2H3/t10-,11+,13-/m0/s1. The van der Waals surface area contributed by atoms with E-state index in [1.807, 2.05) is 12.1 Å². The molecule has 122 valence electrons. The van der Waals surface area contributed by atoms with E-state index in [2.05, 4.69) is 28.8 Å². The second-order valence-corrected chi connectivity index (χ2v) is 7.57. The molecule has 7 heteroatoms. The Kier molecular flexibility index (Phi) is 3.61. The SMILES string of the molecule is C[C@@H]1C[C@H](C)CN([C@@H](c2ccco2)c2sc3ncnn3c2O)C1. The normalized spacial score (nSPS) is 24.3. The number of furan rings is 1. The van der Waals surface area contributed by atoms with Crippen molar-refractivity contribution in [1.29, 1.82) is 0 Å². The lowest BCUT2D eigenvalue weighted by atomic mass is 9.90. The van der Waals surface area contributed by atoms with Crippen molar-refractivity contribution in [1.82, 2.24) is 19.5 Å². The van der Waals surface area contributed by atoms with Gasteiger partial charge >= 0.3 is 0 Å². The van der Waals surface area contributed by atoms with Crippen molar-refractivity contribution >= 4 is 16.3 Å². The fourth-order valence-electron chi connectivity index (χ4n) is 3.72. The van der Waals surface area contributed by atoms with Gasteiger partial charge in [-0.25, -0.2) is 4.98 Å². The second kappa shape index (κ2) is 5.65. The van der Waals surface area contributed by atoms with Crippen molar-refractivity contribution < 1.29 is 9.52 Å². The fraction of sp³-hybridized carbons (Fsp3) is 0.500. The molecule has 23 heavy (non-hydrogen) atoms. The predicted molar refractivity (Wildman–Crippen MR) is 87.6 cm³/mol. The number of likely N-dealkylation sites (tertiary alicyclic amines) is 1. The van der Waals surface area contributed by atoms with Crippen molar-refractivity contribution in [3.05, 3.63) is 35.4 Å². The number of rotatable bonds is 3.